The Kier molecular flexibility index (Phi) is 6.65. The first-order valence-electron chi connectivity index (χ1n) is 7.37. The van der Waals surface area contributed by atoms with Crippen LogP contribution in [0.4, 0.5) is 0 Å². The molecule has 2 rings (SSSR count). The van der Waals surface area contributed by atoms with Crippen molar-refractivity contribution in [3.05, 3.63) is 58.6 Å². The third-order valence-corrected chi connectivity index (χ3v) is 3.51. The Bertz CT molecular complexity index is 745. The van der Waals surface area contributed by atoms with Crippen LogP contribution in [0.5, 0.6) is 11.5 Å². The van der Waals surface area contributed by atoms with Crippen molar-refractivity contribution in [3.63, 3.8) is 0 Å². The summed E-state index contributed by atoms with van der Waals surface area (Å²) in [6, 6.07) is 11.4. The highest BCUT2D eigenvalue weighted by Crippen LogP contribution is 2.36. The Balaban J connectivity index is 1.88. The van der Waals surface area contributed by atoms with Crippen molar-refractivity contribution >= 4 is 23.5 Å². The number of rotatable bonds is 7. The maximum absolute atomic E-state index is 12.1. The van der Waals surface area contributed by atoms with Crippen molar-refractivity contribution in [1.29, 1.82) is 0 Å². The fourth-order valence-corrected chi connectivity index (χ4v) is 2.33. The summed E-state index contributed by atoms with van der Waals surface area (Å²) in [7, 11) is 2.88. The molecule has 0 aliphatic carbocycles. The summed E-state index contributed by atoms with van der Waals surface area (Å²) in [5, 5.41) is 0.226. The van der Waals surface area contributed by atoms with Crippen molar-refractivity contribution in [2.24, 2.45) is 0 Å². The summed E-state index contributed by atoms with van der Waals surface area (Å²) in [5.41, 5.74) is 0.637. The number of carbonyl (C=O) groups is 2. The molecule has 25 heavy (non-hydrogen) atoms. The molecule has 0 radical (unpaired) electrons. The molecule has 2 aromatic carbocycles. The van der Waals surface area contributed by atoms with E-state index in [-0.39, 0.29) is 23.8 Å². The van der Waals surface area contributed by atoms with E-state index in [1.165, 1.54) is 26.4 Å². The first-order chi connectivity index (χ1) is 12.1. The number of carbonyl (C=O) groups excluding carboxylic acids is 2. The lowest BCUT2D eigenvalue weighted by atomic mass is 10.2. The SMILES string of the molecule is COc1cc(C(=O)OCCOC(=O)c2ccccc2)cc(Cl)c1OC. The number of benzene rings is 2. The van der Waals surface area contributed by atoms with E-state index in [2.05, 4.69) is 0 Å². The lowest BCUT2D eigenvalue weighted by Gasteiger charge is -2.11. The van der Waals surface area contributed by atoms with Crippen molar-refractivity contribution < 1.29 is 28.5 Å². The maximum Gasteiger partial charge on any atom is 0.338 e. The molecule has 0 N–H and O–H groups in total. The fourth-order valence-electron chi connectivity index (χ4n) is 2.05. The van der Waals surface area contributed by atoms with Gasteiger partial charge in [-0.25, -0.2) is 9.59 Å². The van der Waals surface area contributed by atoms with E-state index in [0.29, 0.717) is 17.1 Å². The van der Waals surface area contributed by atoms with E-state index < -0.39 is 11.9 Å². The van der Waals surface area contributed by atoms with E-state index in [4.69, 9.17) is 30.5 Å². The quantitative estimate of drug-likeness (QED) is 0.554. The Morgan fingerprint density at radius 1 is 0.880 bits per heavy atom. The van der Waals surface area contributed by atoms with Gasteiger partial charge in [0.2, 0.25) is 0 Å². The van der Waals surface area contributed by atoms with Crippen LogP contribution < -0.4 is 9.47 Å². The molecule has 0 amide bonds. The van der Waals surface area contributed by atoms with Crippen molar-refractivity contribution in [1.82, 2.24) is 0 Å². The van der Waals surface area contributed by atoms with Crippen LogP contribution in [0.3, 0.4) is 0 Å². The highest BCUT2D eigenvalue weighted by molar-refractivity contribution is 6.32. The van der Waals surface area contributed by atoms with E-state index in [9.17, 15) is 9.59 Å². The molecule has 0 atom stereocenters. The van der Waals surface area contributed by atoms with Gasteiger partial charge in [-0.15, -0.1) is 0 Å². The Labute approximate surface area is 150 Å². The number of methoxy groups -OCH3 is 2. The van der Waals surface area contributed by atoms with Gasteiger partial charge in [-0.2, -0.15) is 0 Å². The van der Waals surface area contributed by atoms with E-state index in [1.807, 2.05) is 0 Å². The predicted octanol–water partition coefficient (Wildman–Crippen LogP) is 3.37. The average Bonchev–Trinajstić information content (AvgIpc) is 2.64. The topological polar surface area (TPSA) is 71.1 Å². The van der Waals surface area contributed by atoms with Gasteiger partial charge >= 0.3 is 11.9 Å². The maximum atomic E-state index is 12.1. The smallest absolute Gasteiger partial charge is 0.338 e. The molecule has 132 valence electrons. The second-order valence-corrected chi connectivity index (χ2v) is 5.24. The van der Waals surface area contributed by atoms with Gasteiger partial charge < -0.3 is 18.9 Å². The standard InChI is InChI=1S/C18H17ClO6/c1-22-15-11-13(10-14(19)16(15)23-2)18(21)25-9-8-24-17(20)12-6-4-3-5-7-12/h3-7,10-11H,8-9H2,1-2H3. The number of hydrogen-bond donors (Lipinski definition) is 0. The lowest BCUT2D eigenvalue weighted by molar-refractivity contribution is 0.0265. The van der Waals surface area contributed by atoms with Crippen molar-refractivity contribution in [2.45, 2.75) is 0 Å². The van der Waals surface area contributed by atoms with Crippen LogP contribution in [0.15, 0.2) is 42.5 Å². The van der Waals surface area contributed by atoms with Crippen LogP contribution in [-0.2, 0) is 9.47 Å². The van der Waals surface area contributed by atoms with Gasteiger partial charge in [-0.1, -0.05) is 29.8 Å². The third-order valence-electron chi connectivity index (χ3n) is 3.23. The molecule has 0 bridgehead atoms. The summed E-state index contributed by atoms with van der Waals surface area (Å²) >= 11 is 6.05. The van der Waals surface area contributed by atoms with E-state index >= 15 is 0 Å². The molecule has 0 aliphatic rings. The molecule has 0 spiro atoms. The van der Waals surface area contributed by atoms with Crippen LogP contribution in [-0.4, -0.2) is 39.4 Å². The Hall–Kier alpha value is -2.73. The van der Waals surface area contributed by atoms with Gasteiger partial charge in [0.15, 0.2) is 11.5 Å². The zero-order valence-corrected chi connectivity index (χ0v) is 14.5. The van der Waals surface area contributed by atoms with Crippen LogP contribution >= 0.6 is 11.6 Å². The Morgan fingerprint density at radius 2 is 1.48 bits per heavy atom. The lowest BCUT2D eigenvalue weighted by Crippen LogP contribution is -2.14. The molecule has 0 saturated carbocycles. The molecular weight excluding hydrogens is 348 g/mol. The fraction of sp³-hybridized carbons (Fsp3) is 0.222. The largest absolute Gasteiger partial charge is 0.493 e. The minimum absolute atomic E-state index is 0.0551. The van der Waals surface area contributed by atoms with Crippen molar-refractivity contribution in [2.75, 3.05) is 27.4 Å². The van der Waals surface area contributed by atoms with E-state index in [0.717, 1.165) is 0 Å². The van der Waals surface area contributed by atoms with Gasteiger partial charge in [0.05, 0.1) is 30.4 Å². The van der Waals surface area contributed by atoms with E-state index in [1.54, 1.807) is 30.3 Å². The van der Waals surface area contributed by atoms with Gasteiger partial charge in [0, 0.05) is 0 Å². The predicted molar refractivity (Wildman–Crippen MR) is 91.6 cm³/mol. The first-order valence-corrected chi connectivity index (χ1v) is 7.75. The molecule has 0 aliphatic heterocycles. The van der Waals surface area contributed by atoms with Crippen LogP contribution in [0.25, 0.3) is 0 Å². The second kappa shape index (κ2) is 8.94. The minimum Gasteiger partial charge on any atom is -0.493 e. The van der Waals surface area contributed by atoms with Gasteiger partial charge in [0.25, 0.3) is 0 Å². The summed E-state index contributed by atoms with van der Waals surface area (Å²) in [6.07, 6.45) is 0. The molecule has 0 fully saturated rings. The zero-order chi connectivity index (χ0) is 18.2. The van der Waals surface area contributed by atoms with Crippen LogP contribution in [0, 0.1) is 0 Å². The normalized spacial score (nSPS) is 10.0. The molecule has 7 heteroatoms. The molecule has 0 heterocycles. The second-order valence-electron chi connectivity index (χ2n) is 4.83. The zero-order valence-electron chi connectivity index (χ0n) is 13.8. The minimum atomic E-state index is -0.612. The van der Waals surface area contributed by atoms with Gasteiger partial charge in [-0.05, 0) is 24.3 Å². The number of halogens is 1. The summed E-state index contributed by atoms with van der Waals surface area (Å²) in [4.78, 5) is 23.8. The average molecular weight is 365 g/mol. The number of hydrogen-bond acceptors (Lipinski definition) is 6. The first kappa shape index (κ1) is 18.6. The highest BCUT2D eigenvalue weighted by atomic mass is 35.5. The summed E-state index contributed by atoms with van der Waals surface area (Å²) < 4.78 is 20.3. The molecule has 0 unspecified atom stereocenters. The number of ether oxygens (including phenoxy) is 4. The van der Waals surface area contributed by atoms with Gasteiger partial charge in [0.1, 0.15) is 13.2 Å². The third kappa shape index (κ3) is 4.87. The molecular formula is C18H17ClO6. The molecule has 2 aromatic rings. The summed E-state index contributed by atoms with van der Waals surface area (Å²) in [5.74, 6) is -0.445. The van der Waals surface area contributed by atoms with Crippen LogP contribution in [0.2, 0.25) is 5.02 Å². The molecule has 6 nitrogen and oxygen atoms in total. The number of esters is 2. The monoisotopic (exact) mass is 364 g/mol. The molecule has 0 aromatic heterocycles. The van der Waals surface area contributed by atoms with Crippen LogP contribution in [0.1, 0.15) is 20.7 Å². The summed E-state index contributed by atoms with van der Waals surface area (Å²) in [6.45, 7) is -0.135. The van der Waals surface area contributed by atoms with Crippen molar-refractivity contribution in [3.8, 4) is 11.5 Å². The molecule has 0 saturated heterocycles. The van der Waals surface area contributed by atoms with Gasteiger partial charge in [-0.3, -0.25) is 0 Å². The Morgan fingerprint density at radius 3 is 2.04 bits per heavy atom. The highest BCUT2D eigenvalue weighted by Gasteiger charge is 2.16.